The lowest BCUT2D eigenvalue weighted by Crippen LogP contribution is -2.35. The first-order valence-corrected chi connectivity index (χ1v) is 8.14. The molecule has 112 valence electrons. The molecular formula is C15H24N2O2S. The monoisotopic (exact) mass is 296 g/mol. The molecule has 3 N–H and O–H groups in total. The van der Waals surface area contributed by atoms with Crippen LogP contribution < -0.4 is 11.1 Å². The Morgan fingerprint density at radius 1 is 1.25 bits per heavy atom. The maximum Gasteiger partial charge on any atom is 0.239 e. The highest BCUT2D eigenvalue weighted by molar-refractivity contribution is 7.87. The van der Waals surface area contributed by atoms with Gasteiger partial charge in [-0.05, 0) is 24.5 Å². The predicted octanol–water partition coefficient (Wildman–Crippen LogP) is 2.27. The van der Waals surface area contributed by atoms with Gasteiger partial charge in [-0.3, -0.25) is 9.00 Å². The third kappa shape index (κ3) is 4.15. The molecule has 0 saturated heterocycles. The second-order valence-electron chi connectivity index (χ2n) is 5.27. The Kier molecular flexibility index (Phi) is 6.36. The summed E-state index contributed by atoms with van der Waals surface area (Å²) in [4.78, 5) is 12.2. The highest BCUT2D eigenvalue weighted by atomic mass is 32.2. The molecule has 5 heteroatoms. The van der Waals surface area contributed by atoms with Crippen molar-refractivity contribution in [3.63, 3.8) is 0 Å². The first-order valence-electron chi connectivity index (χ1n) is 6.86. The van der Waals surface area contributed by atoms with E-state index in [9.17, 15) is 9.00 Å². The fourth-order valence-electron chi connectivity index (χ4n) is 1.75. The van der Waals surface area contributed by atoms with Gasteiger partial charge in [0.2, 0.25) is 5.91 Å². The van der Waals surface area contributed by atoms with Crippen LogP contribution in [-0.4, -0.2) is 20.6 Å². The molecule has 3 unspecified atom stereocenters. The van der Waals surface area contributed by atoms with E-state index < -0.39 is 16.0 Å². The van der Waals surface area contributed by atoms with Crippen molar-refractivity contribution in [1.29, 1.82) is 0 Å². The van der Waals surface area contributed by atoms with E-state index in [0.717, 1.165) is 5.56 Å². The Morgan fingerprint density at radius 3 is 2.40 bits per heavy atom. The van der Waals surface area contributed by atoms with E-state index in [4.69, 9.17) is 5.73 Å². The minimum Gasteiger partial charge on any atom is -0.326 e. The Bertz CT molecular complexity index is 489. The number of carbonyl (C=O) groups excluding carboxylic acids is 1. The number of nitrogens with two attached hydrogens (primary N) is 1. The summed E-state index contributed by atoms with van der Waals surface area (Å²) in [6.07, 6.45) is 0. The van der Waals surface area contributed by atoms with Gasteiger partial charge in [0.05, 0.1) is 0 Å². The molecule has 4 nitrogen and oxygen atoms in total. The maximum absolute atomic E-state index is 12.3. The zero-order chi connectivity index (χ0) is 15.3. The van der Waals surface area contributed by atoms with E-state index in [2.05, 4.69) is 5.32 Å². The van der Waals surface area contributed by atoms with Gasteiger partial charge < -0.3 is 11.1 Å². The van der Waals surface area contributed by atoms with Gasteiger partial charge in [0, 0.05) is 28.3 Å². The molecule has 0 spiro atoms. The minimum atomic E-state index is -1.20. The molecule has 0 aromatic heterocycles. The average Bonchev–Trinajstić information content (AvgIpc) is 2.45. The minimum absolute atomic E-state index is 0.0134. The van der Waals surface area contributed by atoms with Gasteiger partial charge in [0.15, 0.2) is 0 Å². The highest BCUT2D eigenvalue weighted by Crippen LogP contribution is 2.17. The van der Waals surface area contributed by atoms with Crippen molar-refractivity contribution in [2.24, 2.45) is 11.7 Å². The summed E-state index contributed by atoms with van der Waals surface area (Å²) in [6.45, 7) is 8.00. The fourth-order valence-corrected chi connectivity index (χ4v) is 3.20. The van der Waals surface area contributed by atoms with Crippen molar-refractivity contribution in [3.05, 3.63) is 29.8 Å². The van der Waals surface area contributed by atoms with Crippen LogP contribution in [-0.2, 0) is 22.1 Å². The third-order valence-electron chi connectivity index (χ3n) is 3.52. The smallest absolute Gasteiger partial charge is 0.239 e. The molecule has 0 bridgehead atoms. The van der Waals surface area contributed by atoms with Crippen LogP contribution in [0.3, 0.4) is 0 Å². The molecule has 0 heterocycles. The lowest BCUT2D eigenvalue weighted by molar-refractivity contribution is -0.115. The summed E-state index contributed by atoms with van der Waals surface area (Å²) in [5.74, 6) is 0.0548. The molecular weight excluding hydrogens is 272 g/mol. The van der Waals surface area contributed by atoms with E-state index in [0.29, 0.717) is 12.2 Å². The summed E-state index contributed by atoms with van der Waals surface area (Å²) in [5.41, 5.74) is 7.21. The Hall–Kier alpha value is -1.20. The van der Waals surface area contributed by atoms with Gasteiger partial charge in [-0.2, -0.15) is 0 Å². The number of hydrogen-bond acceptors (Lipinski definition) is 3. The molecule has 1 amide bonds. The van der Waals surface area contributed by atoms with Gasteiger partial charge in [0.25, 0.3) is 0 Å². The first kappa shape index (κ1) is 16.9. The topological polar surface area (TPSA) is 72.2 Å². The summed E-state index contributed by atoms with van der Waals surface area (Å²) < 4.78 is 12.3. The second-order valence-corrected chi connectivity index (χ2v) is 7.38. The number of hydrogen-bond donors (Lipinski definition) is 2. The molecule has 1 rings (SSSR count). The van der Waals surface area contributed by atoms with Gasteiger partial charge in [0.1, 0.15) is 5.25 Å². The van der Waals surface area contributed by atoms with Crippen LogP contribution >= 0.6 is 0 Å². The van der Waals surface area contributed by atoms with Gasteiger partial charge in [-0.1, -0.05) is 39.0 Å². The largest absolute Gasteiger partial charge is 0.326 e. The Labute approximate surface area is 123 Å². The van der Waals surface area contributed by atoms with Crippen LogP contribution in [0.1, 0.15) is 33.3 Å². The lowest BCUT2D eigenvalue weighted by atomic mass is 10.1. The van der Waals surface area contributed by atoms with Crippen molar-refractivity contribution in [2.75, 3.05) is 5.32 Å². The SMILES string of the molecule is CC(C)C(C)S(=O)C(C)C(=O)Nc1ccccc1CN. The Balaban J connectivity index is 2.78. The lowest BCUT2D eigenvalue weighted by Gasteiger charge is -2.20. The second kappa shape index (κ2) is 7.55. The van der Waals surface area contributed by atoms with Crippen molar-refractivity contribution in [2.45, 2.75) is 44.7 Å². The molecule has 3 atom stereocenters. The molecule has 0 saturated carbocycles. The predicted molar refractivity (Wildman–Crippen MR) is 84.9 cm³/mol. The van der Waals surface area contributed by atoms with Crippen LogP contribution in [0.25, 0.3) is 0 Å². The fraction of sp³-hybridized carbons (Fsp3) is 0.533. The van der Waals surface area contributed by atoms with Gasteiger partial charge >= 0.3 is 0 Å². The number of para-hydroxylation sites is 1. The van der Waals surface area contributed by atoms with Crippen molar-refractivity contribution >= 4 is 22.4 Å². The Morgan fingerprint density at radius 2 is 1.85 bits per heavy atom. The van der Waals surface area contributed by atoms with Crippen molar-refractivity contribution in [3.8, 4) is 0 Å². The summed E-state index contributed by atoms with van der Waals surface area (Å²) >= 11 is 0. The van der Waals surface area contributed by atoms with Crippen molar-refractivity contribution in [1.82, 2.24) is 0 Å². The zero-order valence-corrected chi connectivity index (χ0v) is 13.4. The molecule has 0 radical (unpaired) electrons. The summed E-state index contributed by atoms with van der Waals surface area (Å²) in [7, 11) is -1.20. The first-order chi connectivity index (χ1) is 9.38. The van der Waals surface area contributed by atoms with Crippen molar-refractivity contribution < 1.29 is 9.00 Å². The molecule has 1 aromatic carbocycles. The molecule has 1 aromatic rings. The number of benzene rings is 1. The van der Waals surface area contributed by atoms with E-state index >= 15 is 0 Å². The standard InChI is InChI=1S/C15H24N2O2S/c1-10(2)11(3)20(19)12(4)15(18)17-14-8-6-5-7-13(14)9-16/h5-8,10-12H,9,16H2,1-4H3,(H,17,18). The molecule has 0 aliphatic carbocycles. The van der Waals surface area contributed by atoms with E-state index in [1.54, 1.807) is 6.92 Å². The number of nitrogens with one attached hydrogen (secondary N) is 1. The summed E-state index contributed by atoms with van der Waals surface area (Å²) in [5, 5.41) is 2.27. The van der Waals surface area contributed by atoms with E-state index in [1.165, 1.54) is 0 Å². The number of carbonyl (C=O) groups is 1. The zero-order valence-electron chi connectivity index (χ0n) is 12.6. The van der Waals surface area contributed by atoms with Gasteiger partial charge in [-0.15, -0.1) is 0 Å². The van der Waals surface area contributed by atoms with Crippen LogP contribution in [0.2, 0.25) is 0 Å². The number of amides is 1. The number of anilines is 1. The van der Waals surface area contributed by atoms with Crippen LogP contribution in [0.5, 0.6) is 0 Å². The van der Waals surface area contributed by atoms with E-state index in [-0.39, 0.29) is 17.1 Å². The molecule has 0 fully saturated rings. The highest BCUT2D eigenvalue weighted by Gasteiger charge is 2.26. The molecule has 0 aliphatic heterocycles. The van der Waals surface area contributed by atoms with E-state index in [1.807, 2.05) is 45.0 Å². The van der Waals surface area contributed by atoms with Crippen LogP contribution in [0.4, 0.5) is 5.69 Å². The molecule has 0 aliphatic rings. The summed E-state index contributed by atoms with van der Waals surface area (Å²) in [6, 6.07) is 7.39. The third-order valence-corrected chi connectivity index (χ3v) is 5.71. The number of rotatable bonds is 6. The molecule has 20 heavy (non-hydrogen) atoms. The average molecular weight is 296 g/mol. The maximum atomic E-state index is 12.3. The van der Waals surface area contributed by atoms with Gasteiger partial charge in [-0.25, -0.2) is 0 Å². The van der Waals surface area contributed by atoms with Crippen LogP contribution in [0, 0.1) is 5.92 Å². The normalized spacial score (nSPS) is 15.7. The quantitative estimate of drug-likeness (QED) is 0.846. The van der Waals surface area contributed by atoms with Crippen LogP contribution in [0.15, 0.2) is 24.3 Å².